The Morgan fingerprint density at radius 3 is 2.85 bits per heavy atom. The molecule has 13 heavy (non-hydrogen) atoms. The number of aryl methyl sites for hydroxylation is 1. The highest BCUT2D eigenvalue weighted by Crippen LogP contribution is 2.10. The third-order valence-electron chi connectivity index (χ3n) is 1.41. The first-order chi connectivity index (χ1) is 6.11. The van der Waals surface area contributed by atoms with Crippen molar-refractivity contribution in [2.45, 2.75) is 6.92 Å². The van der Waals surface area contributed by atoms with Crippen LogP contribution in [0.3, 0.4) is 0 Å². The van der Waals surface area contributed by atoms with Gasteiger partial charge in [-0.3, -0.25) is 4.79 Å². The Morgan fingerprint density at radius 2 is 2.38 bits per heavy atom. The maximum absolute atomic E-state index is 11.2. The molecule has 0 unspecified atom stereocenters. The van der Waals surface area contributed by atoms with Gasteiger partial charge in [0.25, 0.3) is 0 Å². The van der Waals surface area contributed by atoms with Crippen LogP contribution in [0.1, 0.15) is 15.4 Å². The molecule has 0 aliphatic carbocycles. The van der Waals surface area contributed by atoms with Gasteiger partial charge in [0.05, 0.1) is 12.1 Å². The van der Waals surface area contributed by atoms with E-state index in [0.29, 0.717) is 5.69 Å². The average molecular weight is 200 g/mol. The molecule has 0 fully saturated rings. The smallest absolute Gasteiger partial charge is 0.405 e. The van der Waals surface area contributed by atoms with E-state index in [9.17, 15) is 9.59 Å². The molecule has 0 aromatic carbocycles. The number of nitrogens with zero attached hydrogens (tertiary/aromatic N) is 1. The summed E-state index contributed by atoms with van der Waals surface area (Å²) in [6.45, 7) is 1.55. The van der Waals surface area contributed by atoms with Crippen molar-refractivity contribution in [2.24, 2.45) is 0 Å². The number of aromatic nitrogens is 1. The van der Waals surface area contributed by atoms with Crippen LogP contribution in [0.2, 0.25) is 0 Å². The average Bonchev–Trinajstić information content (AvgIpc) is 2.47. The molecular formula is C7H8N2O3S. The second-order valence-corrected chi connectivity index (χ2v) is 3.40. The van der Waals surface area contributed by atoms with Gasteiger partial charge >= 0.3 is 6.09 Å². The molecule has 1 aromatic heterocycles. The fraction of sp³-hybridized carbons (Fsp3) is 0.286. The van der Waals surface area contributed by atoms with Crippen LogP contribution >= 0.6 is 11.3 Å². The lowest BCUT2D eigenvalue weighted by molar-refractivity contribution is 0.0982. The summed E-state index contributed by atoms with van der Waals surface area (Å²) < 4.78 is 0. The van der Waals surface area contributed by atoms with Gasteiger partial charge in [0.15, 0.2) is 0 Å². The fourth-order valence-electron chi connectivity index (χ4n) is 0.813. The monoisotopic (exact) mass is 200 g/mol. The number of amides is 1. The number of nitrogens with one attached hydrogen (secondary N) is 1. The lowest BCUT2D eigenvalue weighted by Crippen LogP contribution is -2.28. The number of Topliss-reactive ketones (excluding diaryl/α,β-unsaturated/α-hetero) is 1. The zero-order chi connectivity index (χ0) is 9.84. The first kappa shape index (κ1) is 9.66. The SMILES string of the molecule is Cc1scnc1C(=O)CNC(=O)O. The van der Waals surface area contributed by atoms with Crippen LogP contribution in [0.25, 0.3) is 0 Å². The van der Waals surface area contributed by atoms with Crippen LogP contribution in [-0.4, -0.2) is 28.5 Å². The van der Waals surface area contributed by atoms with Gasteiger partial charge in [-0.1, -0.05) is 0 Å². The molecule has 2 N–H and O–H groups in total. The van der Waals surface area contributed by atoms with E-state index in [4.69, 9.17) is 5.11 Å². The van der Waals surface area contributed by atoms with E-state index in [1.165, 1.54) is 11.3 Å². The summed E-state index contributed by atoms with van der Waals surface area (Å²) >= 11 is 1.36. The number of carboxylic acid groups (broad SMARTS) is 1. The van der Waals surface area contributed by atoms with E-state index in [0.717, 1.165) is 4.88 Å². The molecule has 0 bridgehead atoms. The number of carbonyl (C=O) groups is 2. The molecule has 1 amide bonds. The predicted octanol–water partition coefficient (Wildman–Crippen LogP) is 0.902. The molecule has 6 heteroatoms. The molecule has 5 nitrogen and oxygen atoms in total. The number of carbonyl (C=O) groups excluding carboxylic acids is 1. The number of thiazole rings is 1. The molecule has 0 radical (unpaired) electrons. The summed E-state index contributed by atoms with van der Waals surface area (Å²) in [6.07, 6.45) is -1.21. The number of ketones is 1. The van der Waals surface area contributed by atoms with E-state index in [-0.39, 0.29) is 12.3 Å². The first-order valence-corrected chi connectivity index (χ1v) is 4.39. The maximum atomic E-state index is 11.2. The van der Waals surface area contributed by atoms with Crippen molar-refractivity contribution in [3.8, 4) is 0 Å². The molecule has 1 heterocycles. The van der Waals surface area contributed by atoms with Crippen molar-refractivity contribution in [3.05, 3.63) is 16.1 Å². The van der Waals surface area contributed by atoms with Crippen molar-refractivity contribution in [1.82, 2.24) is 10.3 Å². The van der Waals surface area contributed by atoms with Crippen LogP contribution in [-0.2, 0) is 0 Å². The Hall–Kier alpha value is -1.43. The van der Waals surface area contributed by atoms with Crippen molar-refractivity contribution < 1.29 is 14.7 Å². The first-order valence-electron chi connectivity index (χ1n) is 3.51. The van der Waals surface area contributed by atoms with E-state index in [2.05, 4.69) is 4.98 Å². The van der Waals surface area contributed by atoms with Crippen molar-refractivity contribution in [1.29, 1.82) is 0 Å². The summed E-state index contributed by atoms with van der Waals surface area (Å²) in [5, 5.41) is 10.2. The second-order valence-electron chi connectivity index (χ2n) is 2.34. The number of hydrogen-bond donors (Lipinski definition) is 2. The summed E-state index contributed by atoms with van der Waals surface area (Å²) in [6, 6.07) is 0. The Balaban J connectivity index is 2.59. The van der Waals surface area contributed by atoms with Crippen molar-refractivity contribution in [3.63, 3.8) is 0 Å². The number of hydrogen-bond acceptors (Lipinski definition) is 4. The summed E-state index contributed by atoms with van der Waals surface area (Å²) in [5.74, 6) is -0.304. The Labute approximate surface area is 78.4 Å². The zero-order valence-corrected chi connectivity index (χ0v) is 7.72. The number of rotatable bonds is 3. The zero-order valence-electron chi connectivity index (χ0n) is 6.90. The molecule has 1 rings (SSSR count). The highest BCUT2D eigenvalue weighted by molar-refractivity contribution is 7.09. The van der Waals surface area contributed by atoms with E-state index < -0.39 is 6.09 Å². The Bertz CT molecular complexity index is 334. The van der Waals surface area contributed by atoms with Crippen LogP contribution < -0.4 is 5.32 Å². The highest BCUT2D eigenvalue weighted by atomic mass is 32.1. The molecule has 0 aliphatic rings. The Kier molecular flexibility index (Phi) is 2.97. The minimum atomic E-state index is -1.21. The van der Waals surface area contributed by atoms with Crippen LogP contribution in [0.5, 0.6) is 0 Å². The van der Waals surface area contributed by atoms with Crippen LogP contribution in [0, 0.1) is 6.92 Å². The fourth-order valence-corrected chi connectivity index (χ4v) is 1.41. The third kappa shape index (κ3) is 2.51. The predicted molar refractivity (Wildman–Crippen MR) is 47.2 cm³/mol. The van der Waals surface area contributed by atoms with Crippen molar-refractivity contribution in [2.75, 3.05) is 6.54 Å². The summed E-state index contributed by atoms with van der Waals surface area (Å²) in [7, 11) is 0. The third-order valence-corrected chi connectivity index (χ3v) is 2.17. The second kappa shape index (κ2) is 3.99. The molecule has 0 atom stereocenters. The van der Waals surface area contributed by atoms with E-state index in [1.807, 2.05) is 5.32 Å². The van der Waals surface area contributed by atoms with Gasteiger partial charge < -0.3 is 10.4 Å². The van der Waals surface area contributed by atoms with Gasteiger partial charge in [0.1, 0.15) is 5.69 Å². The molecule has 0 spiro atoms. The maximum Gasteiger partial charge on any atom is 0.405 e. The molecular weight excluding hydrogens is 192 g/mol. The molecule has 70 valence electrons. The lowest BCUT2D eigenvalue weighted by Gasteiger charge is -1.97. The standard InChI is InChI=1S/C7H8N2O3S/c1-4-6(9-3-13-4)5(10)2-8-7(11)12/h3,8H,2H2,1H3,(H,11,12). The normalized spacial score (nSPS) is 9.62. The van der Waals surface area contributed by atoms with Gasteiger partial charge in [0.2, 0.25) is 5.78 Å². The molecule has 0 aliphatic heterocycles. The lowest BCUT2D eigenvalue weighted by atomic mass is 10.2. The van der Waals surface area contributed by atoms with Gasteiger partial charge in [-0.05, 0) is 6.92 Å². The summed E-state index contributed by atoms with van der Waals surface area (Å²) in [5.41, 5.74) is 1.90. The van der Waals surface area contributed by atoms with Crippen LogP contribution in [0.4, 0.5) is 4.79 Å². The van der Waals surface area contributed by atoms with E-state index in [1.54, 1.807) is 12.4 Å². The van der Waals surface area contributed by atoms with Gasteiger partial charge in [0, 0.05) is 4.88 Å². The topological polar surface area (TPSA) is 79.3 Å². The summed E-state index contributed by atoms with van der Waals surface area (Å²) in [4.78, 5) is 26.0. The van der Waals surface area contributed by atoms with Gasteiger partial charge in [-0.2, -0.15) is 0 Å². The molecule has 1 aromatic rings. The van der Waals surface area contributed by atoms with Gasteiger partial charge in [-0.15, -0.1) is 11.3 Å². The highest BCUT2D eigenvalue weighted by Gasteiger charge is 2.12. The molecule has 0 saturated carbocycles. The van der Waals surface area contributed by atoms with Gasteiger partial charge in [-0.25, -0.2) is 9.78 Å². The van der Waals surface area contributed by atoms with Crippen LogP contribution in [0.15, 0.2) is 5.51 Å². The largest absolute Gasteiger partial charge is 0.465 e. The Morgan fingerprint density at radius 1 is 1.69 bits per heavy atom. The quantitative estimate of drug-likeness (QED) is 0.710. The van der Waals surface area contributed by atoms with E-state index >= 15 is 0 Å². The minimum Gasteiger partial charge on any atom is -0.465 e. The molecule has 0 saturated heterocycles. The minimum absolute atomic E-state index is 0.222. The van der Waals surface area contributed by atoms with Crippen molar-refractivity contribution >= 4 is 23.2 Å².